The summed E-state index contributed by atoms with van der Waals surface area (Å²) in [6.07, 6.45) is 5.66. The molecule has 0 aliphatic heterocycles. The number of hydrogen-bond donors (Lipinski definition) is 2. The Morgan fingerprint density at radius 1 is 0.550 bits per heavy atom. The van der Waals surface area contributed by atoms with Gasteiger partial charge in [0.05, 0.1) is 0 Å². The van der Waals surface area contributed by atoms with Crippen LogP contribution in [-0.2, 0) is 15.0 Å². The predicted octanol–water partition coefficient (Wildman–Crippen LogP) is 6.97. The van der Waals surface area contributed by atoms with Gasteiger partial charge in [0.15, 0.2) is 13.2 Å². The number of ether oxygens (including phenoxy) is 2. The van der Waals surface area contributed by atoms with Crippen LogP contribution in [0.3, 0.4) is 0 Å². The van der Waals surface area contributed by atoms with E-state index in [-0.39, 0.29) is 30.4 Å². The van der Waals surface area contributed by atoms with Crippen LogP contribution in [0.4, 0.5) is 11.4 Å². The molecule has 0 saturated heterocycles. The highest BCUT2D eigenvalue weighted by atomic mass is 16.5. The molecule has 1 aliphatic carbocycles. The fraction of sp³-hybridized carbons (Fsp3) is 0.235. The summed E-state index contributed by atoms with van der Waals surface area (Å²) in [6, 6.07) is 35.0. The zero-order valence-corrected chi connectivity index (χ0v) is 22.5. The van der Waals surface area contributed by atoms with Crippen molar-refractivity contribution in [2.75, 3.05) is 23.8 Å². The van der Waals surface area contributed by atoms with Crippen molar-refractivity contribution in [3.05, 3.63) is 120 Å². The van der Waals surface area contributed by atoms with Gasteiger partial charge in [0.25, 0.3) is 11.8 Å². The minimum atomic E-state index is -0.198. The quantitative estimate of drug-likeness (QED) is 0.230. The van der Waals surface area contributed by atoms with Crippen LogP contribution < -0.4 is 20.1 Å². The molecular weight excluding hydrogens is 500 g/mol. The lowest BCUT2D eigenvalue weighted by Gasteiger charge is -2.39. The van der Waals surface area contributed by atoms with Crippen molar-refractivity contribution in [1.29, 1.82) is 0 Å². The highest BCUT2D eigenvalue weighted by molar-refractivity contribution is 5.92. The van der Waals surface area contributed by atoms with Crippen molar-refractivity contribution in [3.8, 4) is 11.5 Å². The molecule has 0 heterocycles. The Bertz CT molecular complexity index is 1280. The first kappa shape index (κ1) is 27.0. The molecule has 5 rings (SSSR count). The minimum Gasteiger partial charge on any atom is -0.484 e. The molecule has 0 spiro atoms. The summed E-state index contributed by atoms with van der Waals surface area (Å²) in [6.45, 7) is -0.0893. The molecule has 2 amide bonds. The number of para-hydroxylation sites is 2. The van der Waals surface area contributed by atoms with Crippen molar-refractivity contribution in [3.63, 3.8) is 0 Å². The van der Waals surface area contributed by atoms with E-state index in [0.29, 0.717) is 11.5 Å². The van der Waals surface area contributed by atoms with Crippen molar-refractivity contribution in [2.45, 2.75) is 37.5 Å². The molecule has 1 fully saturated rings. The third-order valence-electron chi connectivity index (χ3n) is 7.38. The number of carbonyl (C=O) groups is 2. The molecule has 1 saturated carbocycles. The minimum absolute atomic E-state index is 0.0447. The Balaban J connectivity index is 1.22. The van der Waals surface area contributed by atoms with Gasteiger partial charge in [-0.1, -0.05) is 79.9 Å². The van der Waals surface area contributed by atoms with Crippen LogP contribution in [0.15, 0.2) is 109 Å². The molecule has 204 valence electrons. The van der Waals surface area contributed by atoms with E-state index < -0.39 is 0 Å². The summed E-state index contributed by atoms with van der Waals surface area (Å²) in [5.74, 6) is 0.934. The Labute approximate surface area is 235 Å². The second kappa shape index (κ2) is 13.0. The smallest absolute Gasteiger partial charge is 0.262 e. The topological polar surface area (TPSA) is 76.7 Å². The van der Waals surface area contributed by atoms with Crippen LogP contribution in [0.5, 0.6) is 11.5 Å². The molecular formula is C34H34N2O4. The second-order valence-corrected chi connectivity index (χ2v) is 10.1. The monoisotopic (exact) mass is 534 g/mol. The molecule has 6 heteroatoms. The molecule has 4 aromatic carbocycles. The molecule has 0 aromatic heterocycles. The molecule has 0 atom stereocenters. The van der Waals surface area contributed by atoms with E-state index in [9.17, 15) is 9.59 Å². The SMILES string of the molecule is O=C(COc1ccccc1)Nc1ccc(C2(c3ccc(NC(=O)COc4ccccc4)cc3)CCCCC2)cc1. The summed E-state index contributed by atoms with van der Waals surface area (Å²) in [5, 5.41) is 5.85. The van der Waals surface area contributed by atoms with E-state index in [1.807, 2.05) is 84.9 Å². The number of nitrogens with one attached hydrogen (secondary N) is 2. The first-order valence-corrected chi connectivity index (χ1v) is 13.8. The van der Waals surface area contributed by atoms with Gasteiger partial charge >= 0.3 is 0 Å². The Morgan fingerprint density at radius 3 is 1.35 bits per heavy atom. The lowest BCUT2D eigenvalue weighted by molar-refractivity contribution is -0.118. The van der Waals surface area contributed by atoms with Crippen molar-refractivity contribution in [1.82, 2.24) is 0 Å². The highest BCUT2D eigenvalue weighted by Gasteiger charge is 2.35. The number of benzene rings is 4. The second-order valence-electron chi connectivity index (χ2n) is 10.1. The van der Waals surface area contributed by atoms with Crippen LogP contribution in [0.2, 0.25) is 0 Å². The van der Waals surface area contributed by atoms with Gasteiger partial charge in [0.2, 0.25) is 0 Å². The third-order valence-corrected chi connectivity index (χ3v) is 7.38. The maximum absolute atomic E-state index is 12.4. The summed E-state index contributed by atoms with van der Waals surface area (Å²) < 4.78 is 11.1. The van der Waals surface area contributed by atoms with Gasteiger partial charge in [-0.15, -0.1) is 0 Å². The fourth-order valence-electron chi connectivity index (χ4n) is 5.37. The molecule has 0 bridgehead atoms. The van der Waals surface area contributed by atoms with Gasteiger partial charge in [-0.25, -0.2) is 0 Å². The van der Waals surface area contributed by atoms with E-state index in [4.69, 9.17) is 9.47 Å². The van der Waals surface area contributed by atoms with Crippen LogP contribution in [0.25, 0.3) is 0 Å². The van der Waals surface area contributed by atoms with Gasteiger partial charge in [-0.3, -0.25) is 9.59 Å². The van der Waals surface area contributed by atoms with Crippen molar-refractivity contribution >= 4 is 23.2 Å². The van der Waals surface area contributed by atoms with E-state index in [2.05, 4.69) is 34.9 Å². The Kier molecular flexibility index (Phi) is 8.76. The van der Waals surface area contributed by atoms with E-state index >= 15 is 0 Å². The van der Waals surface area contributed by atoms with Gasteiger partial charge < -0.3 is 20.1 Å². The summed E-state index contributed by atoms with van der Waals surface area (Å²) in [5.41, 5.74) is 3.85. The average Bonchev–Trinajstić information content (AvgIpc) is 3.01. The van der Waals surface area contributed by atoms with Gasteiger partial charge in [0, 0.05) is 16.8 Å². The fourth-order valence-corrected chi connectivity index (χ4v) is 5.37. The molecule has 1 aliphatic rings. The molecule has 4 aromatic rings. The van der Waals surface area contributed by atoms with Crippen LogP contribution >= 0.6 is 0 Å². The number of amides is 2. The maximum Gasteiger partial charge on any atom is 0.262 e. The van der Waals surface area contributed by atoms with Gasteiger partial charge in [-0.05, 0) is 72.5 Å². The molecule has 6 nitrogen and oxygen atoms in total. The molecule has 40 heavy (non-hydrogen) atoms. The normalized spacial score (nSPS) is 14.1. The van der Waals surface area contributed by atoms with Crippen molar-refractivity contribution in [2.24, 2.45) is 0 Å². The van der Waals surface area contributed by atoms with Crippen LogP contribution in [0, 0.1) is 0 Å². The van der Waals surface area contributed by atoms with Gasteiger partial charge in [-0.2, -0.15) is 0 Å². The van der Waals surface area contributed by atoms with E-state index in [1.54, 1.807) is 0 Å². The highest BCUT2D eigenvalue weighted by Crippen LogP contribution is 2.45. The molecule has 0 unspecified atom stereocenters. The van der Waals surface area contributed by atoms with Gasteiger partial charge in [0.1, 0.15) is 11.5 Å². The number of hydrogen-bond acceptors (Lipinski definition) is 4. The number of rotatable bonds is 10. The molecule has 2 N–H and O–H groups in total. The lowest BCUT2D eigenvalue weighted by atomic mass is 9.65. The first-order valence-electron chi connectivity index (χ1n) is 13.8. The largest absolute Gasteiger partial charge is 0.484 e. The summed E-state index contributed by atoms with van der Waals surface area (Å²) in [7, 11) is 0. The standard InChI is InChI=1S/C34H34N2O4/c37-32(24-39-30-10-4-1-5-11-30)35-28-18-14-26(15-19-28)34(22-8-3-9-23-34)27-16-20-29(21-17-27)36-33(38)25-40-31-12-6-2-7-13-31/h1-2,4-7,10-21H,3,8-9,22-25H2,(H,35,37)(H,36,38). The zero-order valence-electron chi connectivity index (χ0n) is 22.5. The summed E-state index contributed by atoms with van der Waals surface area (Å²) in [4.78, 5) is 24.8. The Morgan fingerprint density at radius 2 is 0.950 bits per heavy atom. The lowest BCUT2D eigenvalue weighted by Crippen LogP contribution is -2.30. The van der Waals surface area contributed by atoms with Crippen molar-refractivity contribution < 1.29 is 19.1 Å². The third kappa shape index (κ3) is 6.89. The van der Waals surface area contributed by atoms with Crippen LogP contribution in [-0.4, -0.2) is 25.0 Å². The predicted molar refractivity (Wildman–Crippen MR) is 158 cm³/mol. The maximum atomic E-state index is 12.4. The average molecular weight is 535 g/mol. The number of carbonyl (C=O) groups excluding carboxylic acids is 2. The van der Waals surface area contributed by atoms with Crippen LogP contribution in [0.1, 0.15) is 43.2 Å². The van der Waals surface area contributed by atoms with E-state index in [0.717, 1.165) is 37.1 Å². The molecule has 0 radical (unpaired) electrons. The van der Waals surface area contributed by atoms with E-state index in [1.165, 1.54) is 17.5 Å². The summed E-state index contributed by atoms with van der Waals surface area (Å²) >= 11 is 0. The number of anilines is 2. The Hall–Kier alpha value is -4.58. The zero-order chi connectivity index (χ0) is 27.6. The first-order chi connectivity index (χ1) is 19.6.